The van der Waals surface area contributed by atoms with Gasteiger partial charge in [-0.15, -0.1) is 0 Å². The van der Waals surface area contributed by atoms with Crippen LogP contribution in [0.1, 0.15) is 55.2 Å². The zero-order valence-corrected chi connectivity index (χ0v) is 13.7. The predicted molar refractivity (Wildman–Crippen MR) is 89.5 cm³/mol. The van der Waals surface area contributed by atoms with Crippen LogP contribution in [0.4, 0.5) is 5.82 Å². The molecule has 1 amide bonds. The quantitative estimate of drug-likeness (QED) is 0.908. The number of aromatic nitrogens is 2. The van der Waals surface area contributed by atoms with Crippen molar-refractivity contribution in [2.24, 2.45) is 0 Å². The number of fused-ring (bicyclic) bond motifs is 1. The Bertz CT molecular complexity index is 778. The van der Waals surface area contributed by atoms with Crippen molar-refractivity contribution in [1.29, 1.82) is 0 Å². The van der Waals surface area contributed by atoms with Gasteiger partial charge in [0.1, 0.15) is 5.82 Å². The van der Waals surface area contributed by atoms with Crippen molar-refractivity contribution < 1.29 is 14.6 Å². The van der Waals surface area contributed by atoms with Crippen LogP contribution in [0.5, 0.6) is 11.5 Å². The fourth-order valence-corrected chi connectivity index (χ4v) is 3.89. The van der Waals surface area contributed by atoms with Crippen LogP contribution in [0.25, 0.3) is 0 Å². The molecule has 1 atom stereocenters. The normalized spacial score (nSPS) is 20.7. The Labute approximate surface area is 140 Å². The number of phenols is 1. The molecule has 126 valence electrons. The maximum Gasteiger partial charge on any atom is 0.226 e. The second-order valence-electron chi connectivity index (χ2n) is 6.57. The Morgan fingerprint density at radius 2 is 2.12 bits per heavy atom. The molecule has 1 aliphatic carbocycles. The summed E-state index contributed by atoms with van der Waals surface area (Å²) < 4.78 is 7.09. The lowest BCUT2D eigenvalue weighted by Crippen LogP contribution is -2.25. The largest absolute Gasteiger partial charge is 0.504 e. The third-order valence-electron chi connectivity index (χ3n) is 5.12. The molecule has 24 heavy (non-hydrogen) atoms. The maximum atomic E-state index is 12.2. The van der Waals surface area contributed by atoms with E-state index in [-0.39, 0.29) is 17.6 Å². The molecule has 6 nitrogen and oxygen atoms in total. The molecule has 1 saturated carbocycles. The number of carbonyl (C=O) groups is 1. The van der Waals surface area contributed by atoms with Gasteiger partial charge in [-0.2, -0.15) is 5.10 Å². The molecule has 1 aliphatic heterocycles. The number of anilines is 1. The van der Waals surface area contributed by atoms with E-state index in [4.69, 9.17) is 4.74 Å². The number of carbonyl (C=O) groups excluding carboxylic acids is 1. The smallest absolute Gasteiger partial charge is 0.226 e. The van der Waals surface area contributed by atoms with Crippen molar-refractivity contribution in [3.63, 3.8) is 0 Å². The summed E-state index contributed by atoms with van der Waals surface area (Å²) in [5, 5.41) is 17.6. The minimum Gasteiger partial charge on any atom is -0.504 e. The third-order valence-corrected chi connectivity index (χ3v) is 5.12. The molecule has 6 heteroatoms. The average Bonchev–Trinajstić information content (AvgIpc) is 3.22. The highest BCUT2D eigenvalue weighted by Crippen LogP contribution is 2.42. The highest BCUT2D eigenvalue weighted by molar-refractivity contribution is 5.94. The first-order chi connectivity index (χ1) is 11.7. The Morgan fingerprint density at radius 1 is 1.33 bits per heavy atom. The maximum absolute atomic E-state index is 12.2. The fourth-order valence-electron chi connectivity index (χ4n) is 3.89. The molecule has 1 fully saturated rings. The Kier molecular flexibility index (Phi) is 3.67. The summed E-state index contributed by atoms with van der Waals surface area (Å²) in [6.45, 7) is 0. The first kappa shape index (κ1) is 15.1. The van der Waals surface area contributed by atoms with Crippen LogP contribution < -0.4 is 10.1 Å². The number of amides is 1. The topological polar surface area (TPSA) is 76.4 Å². The molecule has 2 heterocycles. The summed E-state index contributed by atoms with van der Waals surface area (Å²) in [6.07, 6.45) is 6.86. The molecular formula is C18H21N3O3. The van der Waals surface area contributed by atoms with Gasteiger partial charge in [0.05, 0.1) is 19.3 Å². The van der Waals surface area contributed by atoms with Gasteiger partial charge in [-0.1, -0.05) is 18.9 Å². The zero-order valence-electron chi connectivity index (χ0n) is 13.7. The Morgan fingerprint density at radius 3 is 2.83 bits per heavy atom. The molecule has 1 unspecified atom stereocenters. The summed E-state index contributed by atoms with van der Waals surface area (Å²) >= 11 is 0. The third kappa shape index (κ3) is 2.42. The van der Waals surface area contributed by atoms with E-state index >= 15 is 0 Å². The van der Waals surface area contributed by atoms with Crippen LogP contribution in [-0.4, -0.2) is 27.9 Å². The van der Waals surface area contributed by atoms with Gasteiger partial charge in [0, 0.05) is 17.9 Å². The summed E-state index contributed by atoms with van der Waals surface area (Å²) in [7, 11) is 1.52. The van der Waals surface area contributed by atoms with Gasteiger partial charge < -0.3 is 15.2 Å². The molecule has 2 N–H and O–H groups in total. The number of aromatic hydroxyl groups is 1. The van der Waals surface area contributed by atoms with E-state index < -0.39 is 0 Å². The molecule has 1 aromatic carbocycles. The summed E-state index contributed by atoms with van der Waals surface area (Å²) in [4.78, 5) is 12.2. The van der Waals surface area contributed by atoms with E-state index in [0.717, 1.165) is 29.8 Å². The van der Waals surface area contributed by atoms with E-state index in [0.29, 0.717) is 18.2 Å². The van der Waals surface area contributed by atoms with Crippen molar-refractivity contribution in [2.75, 3.05) is 12.4 Å². The minimum absolute atomic E-state index is 0.0115. The van der Waals surface area contributed by atoms with E-state index in [9.17, 15) is 9.90 Å². The molecule has 2 aromatic rings. The van der Waals surface area contributed by atoms with Gasteiger partial charge in [0.2, 0.25) is 5.91 Å². The standard InChI is InChI=1S/C18H21N3O3/c1-24-16-7-6-11(8-15(16)22)13-9-17(23)20-18-14(13)10-19-21(18)12-4-2-3-5-12/h6-8,10,12-13,22H,2-5,9H2,1H3,(H,20,23). The number of nitrogens with zero attached hydrogens (tertiary/aromatic N) is 2. The lowest BCUT2D eigenvalue weighted by Gasteiger charge is -2.25. The summed E-state index contributed by atoms with van der Waals surface area (Å²) in [5.41, 5.74) is 1.92. The van der Waals surface area contributed by atoms with Crippen molar-refractivity contribution >= 4 is 11.7 Å². The second-order valence-corrected chi connectivity index (χ2v) is 6.57. The minimum atomic E-state index is -0.0966. The van der Waals surface area contributed by atoms with Crippen molar-refractivity contribution in [3.8, 4) is 11.5 Å². The number of nitrogens with one attached hydrogen (secondary N) is 1. The SMILES string of the molecule is COc1ccc(C2CC(=O)Nc3c2cnn3C2CCCC2)cc1O. The zero-order chi connectivity index (χ0) is 16.7. The lowest BCUT2D eigenvalue weighted by molar-refractivity contribution is -0.116. The highest BCUT2D eigenvalue weighted by Gasteiger charge is 2.32. The Balaban J connectivity index is 1.74. The van der Waals surface area contributed by atoms with E-state index in [1.807, 2.05) is 16.9 Å². The second kappa shape index (κ2) is 5.85. The number of rotatable bonds is 3. The van der Waals surface area contributed by atoms with Crippen LogP contribution >= 0.6 is 0 Å². The fraction of sp³-hybridized carbons (Fsp3) is 0.444. The number of methoxy groups -OCH3 is 1. The van der Waals surface area contributed by atoms with Gasteiger partial charge in [-0.3, -0.25) is 4.79 Å². The number of phenolic OH excluding ortho intramolecular Hbond substituents is 1. The van der Waals surface area contributed by atoms with Crippen LogP contribution in [0.3, 0.4) is 0 Å². The Hall–Kier alpha value is -2.50. The summed E-state index contributed by atoms with van der Waals surface area (Å²) in [5.74, 6) is 1.23. The first-order valence-corrected chi connectivity index (χ1v) is 8.41. The predicted octanol–water partition coefficient (Wildman–Crippen LogP) is 3.19. The molecule has 0 saturated heterocycles. The molecule has 2 aliphatic rings. The van der Waals surface area contributed by atoms with Gasteiger partial charge in [0.25, 0.3) is 0 Å². The molecule has 4 rings (SSSR count). The van der Waals surface area contributed by atoms with E-state index in [1.165, 1.54) is 20.0 Å². The van der Waals surface area contributed by atoms with E-state index in [2.05, 4.69) is 10.4 Å². The van der Waals surface area contributed by atoms with Crippen molar-refractivity contribution in [2.45, 2.75) is 44.1 Å². The molecule has 1 aromatic heterocycles. The van der Waals surface area contributed by atoms with Crippen LogP contribution in [-0.2, 0) is 4.79 Å². The first-order valence-electron chi connectivity index (χ1n) is 8.41. The van der Waals surface area contributed by atoms with Gasteiger partial charge in [-0.05, 0) is 30.5 Å². The van der Waals surface area contributed by atoms with Gasteiger partial charge >= 0.3 is 0 Å². The van der Waals surface area contributed by atoms with Crippen molar-refractivity contribution in [1.82, 2.24) is 9.78 Å². The van der Waals surface area contributed by atoms with Gasteiger partial charge in [0.15, 0.2) is 11.5 Å². The molecule has 0 spiro atoms. The molecule has 0 bridgehead atoms. The van der Waals surface area contributed by atoms with Crippen LogP contribution in [0, 0.1) is 0 Å². The number of ether oxygens (including phenoxy) is 1. The van der Waals surface area contributed by atoms with Crippen molar-refractivity contribution in [3.05, 3.63) is 35.5 Å². The van der Waals surface area contributed by atoms with Crippen LogP contribution in [0.15, 0.2) is 24.4 Å². The molecule has 0 radical (unpaired) electrons. The van der Waals surface area contributed by atoms with Crippen LogP contribution in [0.2, 0.25) is 0 Å². The lowest BCUT2D eigenvalue weighted by atomic mass is 9.87. The summed E-state index contributed by atoms with van der Waals surface area (Å²) in [6, 6.07) is 5.69. The number of benzene rings is 1. The average molecular weight is 327 g/mol. The number of hydrogen-bond donors (Lipinski definition) is 2. The highest BCUT2D eigenvalue weighted by atomic mass is 16.5. The van der Waals surface area contributed by atoms with Gasteiger partial charge in [-0.25, -0.2) is 4.68 Å². The molecular weight excluding hydrogens is 306 g/mol. The number of hydrogen-bond acceptors (Lipinski definition) is 4. The monoisotopic (exact) mass is 327 g/mol. The van der Waals surface area contributed by atoms with E-state index in [1.54, 1.807) is 12.1 Å².